The van der Waals surface area contributed by atoms with Crippen molar-refractivity contribution in [2.75, 3.05) is 13.6 Å². The van der Waals surface area contributed by atoms with Gasteiger partial charge in [-0.1, -0.05) is 0 Å². The number of carbonyl (C=O) groups is 1. The van der Waals surface area contributed by atoms with Crippen molar-refractivity contribution in [3.05, 3.63) is 44.9 Å². The summed E-state index contributed by atoms with van der Waals surface area (Å²) in [6.07, 6.45) is 0.820. The standard InChI is InChI=1S/C16H18N4OS2/c1-10-4-5-15(23-10)12-8-13(19-18-12)16(21)20(3)7-6-14-11(2)17-9-22-14/h4-5,8-9H,6-7H2,1-3H3,(H,18,19). The van der Waals surface area contributed by atoms with Gasteiger partial charge in [0.1, 0.15) is 0 Å². The zero-order valence-corrected chi connectivity index (χ0v) is 14.9. The van der Waals surface area contributed by atoms with E-state index in [1.807, 2.05) is 31.6 Å². The van der Waals surface area contributed by atoms with Gasteiger partial charge in [0.2, 0.25) is 0 Å². The highest BCUT2D eigenvalue weighted by Crippen LogP contribution is 2.26. The number of aryl methyl sites for hydroxylation is 2. The molecule has 0 aliphatic heterocycles. The molecule has 3 aromatic rings. The largest absolute Gasteiger partial charge is 0.340 e. The summed E-state index contributed by atoms with van der Waals surface area (Å²) in [6.45, 7) is 4.71. The first-order chi connectivity index (χ1) is 11.0. The molecule has 120 valence electrons. The Kier molecular flexibility index (Phi) is 4.58. The molecule has 3 heterocycles. The number of aromatic amines is 1. The molecule has 0 unspecified atom stereocenters. The van der Waals surface area contributed by atoms with Gasteiger partial charge in [0.05, 0.1) is 21.8 Å². The Morgan fingerprint density at radius 1 is 1.35 bits per heavy atom. The molecule has 0 atom stereocenters. The monoisotopic (exact) mass is 346 g/mol. The SMILES string of the molecule is Cc1ccc(-c2cc(C(=O)N(C)CCc3scnc3C)n[nH]2)s1. The maximum absolute atomic E-state index is 12.5. The van der Waals surface area contributed by atoms with E-state index in [4.69, 9.17) is 0 Å². The van der Waals surface area contributed by atoms with E-state index in [9.17, 15) is 4.79 Å². The quantitative estimate of drug-likeness (QED) is 0.769. The Morgan fingerprint density at radius 2 is 2.17 bits per heavy atom. The van der Waals surface area contributed by atoms with Gasteiger partial charge in [0, 0.05) is 29.8 Å². The molecule has 0 radical (unpaired) electrons. The van der Waals surface area contributed by atoms with Crippen molar-refractivity contribution in [3.63, 3.8) is 0 Å². The number of amides is 1. The molecule has 3 rings (SSSR count). The van der Waals surface area contributed by atoms with E-state index in [1.54, 1.807) is 27.6 Å². The van der Waals surface area contributed by atoms with Crippen LogP contribution in [-0.4, -0.2) is 39.6 Å². The minimum absolute atomic E-state index is 0.0667. The first kappa shape index (κ1) is 15.9. The molecule has 3 aromatic heterocycles. The van der Waals surface area contributed by atoms with Gasteiger partial charge in [-0.15, -0.1) is 22.7 Å². The number of nitrogens with zero attached hydrogens (tertiary/aromatic N) is 3. The van der Waals surface area contributed by atoms with Crippen molar-refractivity contribution in [1.82, 2.24) is 20.1 Å². The predicted octanol–water partition coefficient (Wildman–Crippen LogP) is 3.53. The first-order valence-corrected chi connectivity index (χ1v) is 9.01. The minimum Gasteiger partial charge on any atom is -0.340 e. The van der Waals surface area contributed by atoms with Crippen LogP contribution in [0, 0.1) is 13.8 Å². The van der Waals surface area contributed by atoms with Crippen molar-refractivity contribution in [1.29, 1.82) is 0 Å². The molecule has 0 aliphatic rings. The number of nitrogens with one attached hydrogen (secondary N) is 1. The summed E-state index contributed by atoms with van der Waals surface area (Å²) in [7, 11) is 1.81. The van der Waals surface area contributed by atoms with Crippen LogP contribution in [0.15, 0.2) is 23.7 Å². The predicted molar refractivity (Wildman–Crippen MR) is 94.2 cm³/mol. The van der Waals surface area contributed by atoms with Crippen molar-refractivity contribution < 1.29 is 4.79 Å². The Morgan fingerprint density at radius 3 is 2.83 bits per heavy atom. The lowest BCUT2D eigenvalue weighted by Gasteiger charge is -2.15. The summed E-state index contributed by atoms with van der Waals surface area (Å²) in [5.74, 6) is -0.0667. The second-order valence-electron chi connectivity index (χ2n) is 5.41. The van der Waals surface area contributed by atoms with E-state index in [0.717, 1.165) is 22.7 Å². The lowest BCUT2D eigenvalue weighted by atomic mass is 10.2. The van der Waals surface area contributed by atoms with Gasteiger partial charge in [-0.05, 0) is 32.0 Å². The van der Waals surface area contributed by atoms with Crippen molar-refractivity contribution in [3.8, 4) is 10.6 Å². The van der Waals surface area contributed by atoms with E-state index in [2.05, 4.69) is 28.2 Å². The van der Waals surface area contributed by atoms with Crippen LogP contribution in [0.5, 0.6) is 0 Å². The number of aromatic nitrogens is 3. The molecule has 0 aromatic carbocycles. The summed E-state index contributed by atoms with van der Waals surface area (Å²) in [6, 6.07) is 5.92. The normalized spacial score (nSPS) is 10.9. The van der Waals surface area contributed by atoms with Crippen LogP contribution >= 0.6 is 22.7 Å². The summed E-state index contributed by atoms with van der Waals surface area (Å²) >= 11 is 3.32. The Balaban J connectivity index is 1.65. The zero-order chi connectivity index (χ0) is 16.4. The molecule has 5 nitrogen and oxygen atoms in total. The summed E-state index contributed by atoms with van der Waals surface area (Å²) in [4.78, 5) is 22.0. The molecule has 0 fully saturated rings. The molecule has 0 spiro atoms. The molecule has 0 bridgehead atoms. The molecular formula is C16H18N4OS2. The molecule has 7 heteroatoms. The molecule has 0 saturated heterocycles. The highest BCUT2D eigenvalue weighted by molar-refractivity contribution is 7.15. The molecular weight excluding hydrogens is 328 g/mol. The maximum atomic E-state index is 12.5. The Bertz CT molecular complexity index is 818. The van der Waals surface area contributed by atoms with Crippen LogP contribution in [0.2, 0.25) is 0 Å². The number of rotatable bonds is 5. The third kappa shape index (κ3) is 3.51. The van der Waals surface area contributed by atoms with Gasteiger partial charge in [0.25, 0.3) is 5.91 Å². The van der Waals surface area contributed by atoms with Gasteiger partial charge in [0.15, 0.2) is 5.69 Å². The zero-order valence-electron chi connectivity index (χ0n) is 13.3. The van der Waals surface area contributed by atoms with Gasteiger partial charge in [-0.25, -0.2) is 4.98 Å². The molecule has 0 aliphatic carbocycles. The van der Waals surface area contributed by atoms with Crippen LogP contribution < -0.4 is 0 Å². The third-order valence-corrected chi connectivity index (χ3v) is 5.70. The first-order valence-electron chi connectivity index (χ1n) is 7.31. The molecule has 0 saturated carbocycles. The van der Waals surface area contributed by atoms with Gasteiger partial charge < -0.3 is 4.90 Å². The molecule has 1 amide bonds. The van der Waals surface area contributed by atoms with Crippen LogP contribution in [0.25, 0.3) is 10.6 Å². The lowest BCUT2D eigenvalue weighted by Crippen LogP contribution is -2.29. The van der Waals surface area contributed by atoms with Crippen LogP contribution in [0.1, 0.15) is 25.9 Å². The van der Waals surface area contributed by atoms with Crippen LogP contribution in [-0.2, 0) is 6.42 Å². The number of H-pyrrole nitrogens is 1. The third-order valence-electron chi connectivity index (χ3n) is 3.67. The van der Waals surface area contributed by atoms with E-state index < -0.39 is 0 Å². The van der Waals surface area contributed by atoms with E-state index in [-0.39, 0.29) is 5.91 Å². The summed E-state index contributed by atoms with van der Waals surface area (Å²) in [5, 5.41) is 7.12. The van der Waals surface area contributed by atoms with E-state index >= 15 is 0 Å². The van der Waals surface area contributed by atoms with Crippen LogP contribution in [0.4, 0.5) is 0 Å². The fourth-order valence-corrected chi connectivity index (χ4v) is 3.87. The van der Waals surface area contributed by atoms with E-state index in [1.165, 1.54) is 9.75 Å². The Labute approximate surface area is 143 Å². The fraction of sp³-hybridized carbons (Fsp3) is 0.312. The Hall–Kier alpha value is -1.99. The van der Waals surface area contributed by atoms with Crippen molar-refractivity contribution >= 4 is 28.6 Å². The number of thiazole rings is 1. The number of likely N-dealkylation sites (N-methyl/N-ethyl adjacent to an activating group) is 1. The number of carbonyl (C=O) groups excluding carboxylic acids is 1. The lowest BCUT2D eigenvalue weighted by molar-refractivity contribution is 0.0791. The van der Waals surface area contributed by atoms with Gasteiger partial charge >= 0.3 is 0 Å². The average Bonchev–Trinajstić information content (AvgIpc) is 3.25. The maximum Gasteiger partial charge on any atom is 0.274 e. The highest BCUT2D eigenvalue weighted by atomic mass is 32.1. The van der Waals surface area contributed by atoms with Gasteiger partial charge in [-0.3, -0.25) is 9.89 Å². The molecule has 23 heavy (non-hydrogen) atoms. The van der Waals surface area contributed by atoms with E-state index in [0.29, 0.717) is 12.2 Å². The summed E-state index contributed by atoms with van der Waals surface area (Å²) in [5.41, 5.74) is 4.23. The number of hydrogen-bond acceptors (Lipinski definition) is 5. The second-order valence-corrected chi connectivity index (χ2v) is 7.64. The van der Waals surface area contributed by atoms with Crippen molar-refractivity contribution in [2.24, 2.45) is 0 Å². The van der Waals surface area contributed by atoms with Gasteiger partial charge in [-0.2, -0.15) is 5.10 Å². The fourth-order valence-electron chi connectivity index (χ4n) is 2.27. The number of hydrogen-bond donors (Lipinski definition) is 1. The second kappa shape index (κ2) is 6.64. The van der Waals surface area contributed by atoms with Crippen LogP contribution in [0.3, 0.4) is 0 Å². The highest BCUT2D eigenvalue weighted by Gasteiger charge is 2.17. The average molecular weight is 346 g/mol. The smallest absolute Gasteiger partial charge is 0.274 e. The number of thiophene rings is 1. The summed E-state index contributed by atoms with van der Waals surface area (Å²) < 4.78 is 0. The minimum atomic E-state index is -0.0667. The van der Waals surface area contributed by atoms with Crippen molar-refractivity contribution in [2.45, 2.75) is 20.3 Å². The molecule has 1 N–H and O–H groups in total. The topological polar surface area (TPSA) is 61.9 Å².